The fourth-order valence-corrected chi connectivity index (χ4v) is 1.19. The van der Waals surface area contributed by atoms with Gasteiger partial charge >= 0.3 is 0 Å². The molecule has 0 spiro atoms. The van der Waals surface area contributed by atoms with E-state index in [2.05, 4.69) is 0 Å². The Bertz CT molecular complexity index is 176. The minimum atomic E-state index is 0.0804. The van der Waals surface area contributed by atoms with Gasteiger partial charge < -0.3 is 4.90 Å². The molecule has 56 valence electrons. The molecule has 1 aliphatic rings. The van der Waals surface area contributed by atoms with E-state index in [1.807, 2.05) is 6.92 Å². The molecular weight excluding hydrogens is 128 g/mol. The van der Waals surface area contributed by atoms with Crippen molar-refractivity contribution in [1.82, 2.24) is 4.90 Å². The van der Waals surface area contributed by atoms with Crippen LogP contribution in [0.15, 0.2) is 0 Å². The smallest absolute Gasteiger partial charge is 0.228 e. The van der Waals surface area contributed by atoms with Gasteiger partial charge in [-0.05, 0) is 6.42 Å². The molecular formula is C7H12N2O. The number of nitrogens with one attached hydrogen (secondary N) is 1. The Hall–Kier alpha value is -0.860. The molecule has 1 saturated heterocycles. The summed E-state index contributed by atoms with van der Waals surface area (Å²) in [6.07, 6.45) is 1.43. The molecule has 0 aromatic heterocycles. The van der Waals surface area contributed by atoms with Crippen LogP contribution in [0.25, 0.3) is 0 Å². The Morgan fingerprint density at radius 1 is 1.80 bits per heavy atom. The number of amides is 1. The first-order valence-electron chi connectivity index (χ1n) is 3.51. The van der Waals surface area contributed by atoms with Gasteiger partial charge in [-0.2, -0.15) is 0 Å². The average molecular weight is 140 g/mol. The number of amidine groups is 1. The van der Waals surface area contributed by atoms with Crippen LogP contribution in [0.4, 0.5) is 0 Å². The van der Waals surface area contributed by atoms with E-state index in [-0.39, 0.29) is 11.8 Å². The first kappa shape index (κ1) is 7.25. The van der Waals surface area contributed by atoms with Crippen molar-refractivity contribution in [2.45, 2.75) is 19.8 Å². The molecule has 1 fully saturated rings. The number of rotatable bonds is 1. The van der Waals surface area contributed by atoms with Crippen molar-refractivity contribution < 1.29 is 4.79 Å². The van der Waals surface area contributed by atoms with Gasteiger partial charge in [0.05, 0.1) is 0 Å². The molecule has 1 heterocycles. The summed E-state index contributed by atoms with van der Waals surface area (Å²) in [5, 5.41) is 7.45. The molecule has 3 heteroatoms. The summed E-state index contributed by atoms with van der Waals surface area (Å²) in [6, 6.07) is 0. The third-order valence-electron chi connectivity index (χ3n) is 2.04. The standard InChI is InChI=1S/C7H12N2O/c1-3-5-4-6(10)9(2)7(5)8/h5,8H,3-4H2,1-2H3. The topological polar surface area (TPSA) is 44.2 Å². The molecule has 1 N–H and O–H groups in total. The summed E-state index contributed by atoms with van der Waals surface area (Å²) >= 11 is 0. The number of hydrogen-bond donors (Lipinski definition) is 1. The van der Waals surface area contributed by atoms with E-state index in [1.165, 1.54) is 4.90 Å². The molecule has 0 aliphatic carbocycles. The van der Waals surface area contributed by atoms with Crippen LogP contribution in [0, 0.1) is 11.3 Å². The monoisotopic (exact) mass is 140 g/mol. The Morgan fingerprint density at radius 2 is 2.40 bits per heavy atom. The average Bonchev–Trinajstić information content (AvgIpc) is 2.17. The van der Waals surface area contributed by atoms with Gasteiger partial charge in [0.15, 0.2) is 0 Å². The molecule has 10 heavy (non-hydrogen) atoms. The Morgan fingerprint density at radius 3 is 2.60 bits per heavy atom. The third kappa shape index (κ3) is 0.916. The molecule has 0 aromatic carbocycles. The Kier molecular flexibility index (Phi) is 1.74. The minimum Gasteiger partial charge on any atom is -0.304 e. The molecule has 0 radical (unpaired) electrons. The summed E-state index contributed by atoms with van der Waals surface area (Å²) < 4.78 is 0. The van der Waals surface area contributed by atoms with Crippen molar-refractivity contribution >= 4 is 11.7 Å². The quantitative estimate of drug-likeness (QED) is 0.576. The van der Waals surface area contributed by atoms with Crippen LogP contribution < -0.4 is 0 Å². The lowest BCUT2D eigenvalue weighted by Gasteiger charge is -2.09. The second kappa shape index (κ2) is 2.40. The lowest BCUT2D eigenvalue weighted by molar-refractivity contribution is -0.125. The van der Waals surface area contributed by atoms with Gasteiger partial charge in [-0.15, -0.1) is 0 Å². The summed E-state index contributed by atoms with van der Waals surface area (Å²) in [7, 11) is 1.67. The predicted octanol–water partition coefficient (Wildman–Crippen LogP) is 0.852. The van der Waals surface area contributed by atoms with E-state index >= 15 is 0 Å². The number of carbonyl (C=O) groups is 1. The molecule has 0 bridgehead atoms. The molecule has 1 atom stereocenters. The van der Waals surface area contributed by atoms with Gasteiger partial charge in [0.25, 0.3) is 0 Å². The molecule has 3 nitrogen and oxygen atoms in total. The van der Waals surface area contributed by atoms with Gasteiger partial charge in [-0.25, -0.2) is 0 Å². The van der Waals surface area contributed by atoms with Crippen LogP contribution in [0.1, 0.15) is 19.8 Å². The molecule has 1 aliphatic heterocycles. The number of hydrogen-bond acceptors (Lipinski definition) is 2. The second-order valence-corrected chi connectivity index (χ2v) is 2.65. The highest BCUT2D eigenvalue weighted by molar-refractivity contribution is 6.04. The van der Waals surface area contributed by atoms with E-state index in [1.54, 1.807) is 7.05 Å². The summed E-state index contributed by atoms with van der Waals surface area (Å²) in [5.41, 5.74) is 0. The largest absolute Gasteiger partial charge is 0.304 e. The maximum Gasteiger partial charge on any atom is 0.228 e. The van der Waals surface area contributed by atoms with E-state index < -0.39 is 0 Å². The van der Waals surface area contributed by atoms with Crippen molar-refractivity contribution in [3.05, 3.63) is 0 Å². The third-order valence-corrected chi connectivity index (χ3v) is 2.04. The van der Waals surface area contributed by atoms with E-state index in [9.17, 15) is 4.79 Å². The first-order valence-corrected chi connectivity index (χ1v) is 3.51. The van der Waals surface area contributed by atoms with Crippen LogP contribution in [-0.4, -0.2) is 23.7 Å². The normalized spacial score (nSPS) is 26.2. The van der Waals surface area contributed by atoms with Gasteiger partial charge in [-0.1, -0.05) is 6.92 Å². The van der Waals surface area contributed by atoms with Crippen molar-refractivity contribution in [2.24, 2.45) is 5.92 Å². The van der Waals surface area contributed by atoms with Crippen molar-refractivity contribution in [2.75, 3.05) is 7.05 Å². The van der Waals surface area contributed by atoms with Crippen molar-refractivity contribution in [3.63, 3.8) is 0 Å². The van der Waals surface area contributed by atoms with Crippen LogP contribution in [0.3, 0.4) is 0 Å². The van der Waals surface area contributed by atoms with Gasteiger partial charge in [0.1, 0.15) is 5.84 Å². The maximum absolute atomic E-state index is 10.9. The summed E-state index contributed by atoms with van der Waals surface area (Å²) in [5.74, 6) is 0.738. The van der Waals surface area contributed by atoms with Crippen LogP contribution in [-0.2, 0) is 4.79 Å². The molecule has 1 amide bonds. The SMILES string of the molecule is CCC1CC(=O)N(C)C1=N. The summed E-state index contributed by atoms with van der Waals surface area (Å²) in [4.78, 5) is 12.4. The highest BCUT2D eigenvalue weighted by Crippen LogP contribution is 2.20. The first-order chi connectivity index (χ1) is 4.66. The van der Waals surface area contributed by atoms with Crippen LogP contribution in [0.5, 0.6) is 0 Å². The Labute approximate surface area is 60.5 Å². The zero-order chi connectivity index (χ0) is 7.72. The maximum atomic E-state index is 10.9. The minimum absolute atomic E-state index is 0.0804. The predicted molar refractivity (Wildman–Crippen MR) is 38.9 cm³/mol. The van der Waals surface area contributed by atoms with E-state index in [0.717, 1.165) is 6.42 Å². The van der Waals surface area contributed by atoms with E-state index in [0.29, 0.717) is 12.3 Å². The summed E-state index contributed by atoms with van der Waals surface area (Å²) in [6.45, 7) is 2.01. The fraction of sp³-hybridized carbons (Fsp3) is 0.714. The second-order valence-electron chi connectivity index (χ2n) is 2.65. The number of nitrogens with zero attached hydrogens (tertiary/aromatic N) is 1. The van der Waals surface area contributed by atoms with Crippen molar-refractivity contribution in [3.8, 4) is 0 Å². The molecule has 0 aromatic rings. The highest BCUT2D eigenvalue weighted by atomic mass is 16.2. The van der Waals surface area contributed by atoms with Gasteiger partial charge in [0, 0.05) is 19.4 Å². The number of carbonyl (C=O) groups excluding carboxylic acids is 1. The van der Waals surface area contributed by atoms with Crippen molar-refractivity contribution in [1.29, 1.82) is 5.41 Å². The fourth-order valence-electron chi connectivity index (χ4n) is 1.19. The van der Waals surface area contributed by atoms with Crippen LogP contribution >= 0.6 is 0 Å². The molecule has 1 unspecified atom stereocenters. The molecule has 0 saturated carbocycles. The van der Waals surface area contributed by atoms with E-state index in [4.69, 9.17) is 5.41 Å². The van der Waals surface area contributed by atoms with Crippen LogP contribution in [0.2, 0.25) is 0 Å². The lowest BCUT2D eigenvalue weighted by atomic mass is 10.1. The zero-order valence-electron chi connectivity index (χ0n) is 6.35. The lowest BCUT2D eigenvalue weighted by Crippen LogP contribution is -2.24. The zero-order valence-corrected chi connectivity index (χ0v) is 6.35. The van der Waals surface area contributed by atoms with Gasteiger partial charge in [-0.3, -0.25) is 10.2 Å². The number of likely N-dealkylation sites (tertiary alicyclic amines) is 1. The van der Waals surface area contributed by atoms with Gasteiger partial charge in [0.2, 0.25) is 5.91 Å². The highest BCUT2D eigenvalue weighted by Gasteiger charge is 2.30. The molecule has 1 rings (SSSR count). The Balaban J connectivity index is 2.71.